The molecule has 0 aliphatic heterocycles. The topological polar surface area (TPSA) is 58.2 Å². The van der Waals surface area contributed by atoms with Crippen molar-refractivity contribution >= 4 is 40.9 Å². The summed E-state index contributed by atoms with van der Waals surface area (Å²) in [5.41, 5.74) is 1.85. The van der Waals surface area contributed by atoms with E-state index in [1.54, 1.807) is 19.1 Å². The summed E-state index contributed by atoms with van der Waals surface area (Å²) in [5, 5.41) is 5.86. The van der Waals surface area contributed by atoms with Crippen molar-refractivity contribution < 1.29 is 9.59 Å². The van der Waals surface area contributed by atoms with E-state index < -0.39 is 0 Å². The van der Waals surface area contributed by atoms with Gasteiger partial charge in [-0.1, -0.05) is 36.7 Å². The van der Waals surface area contributed by atoms with Crippen LogP contribution in [0.1, 0.15) is 19.4 Å². The Hall–Kier alpha value is -1.98. The van der Waals surface area contributed by atoms with Crippen LogP contribution in [-0.4, -0.2) is 23.6 Å². The van der Waals surface area contributed by atoms with Crippen molar-refractivity contribution in [3.05, 3.63) is 59.1 Å². The van der Waals surface area contributed by atoms with Gasteiger partial charge in [-0.3, -0.25) is 9.59 Å². The zero-order valence-corrected chi connectivity index (χ0v) is 15.8. The molecule has 2 aromatic carbocycles. The summed E-state index contributed by atoms with van der Waals surface area (Å²) in [6.45, 7) is 3.78. The molecule has 132 valence electrons. The molecule has 2 rings (SSSR count). The van der Waals surface area contributed by atoms with Crippen LogP contribution in [0, 0.1) is 0 Å². The van der Waals surface area contributed by atoms with E-state index in [9.17, 15) is 9.59 Å². The highest BCUT2D eigenvalue weighted by Crippen LogP contribution is 2.24. The molecule has 0 saturated heterocycles. The molecule has 1 atom stereocenters. The van der Waals surface area contributed by atoms with Gasteiger partial charge in [-0.15, -0.1) is 11.8 Å². The minimum Gasteiger partial charge on any atom is -0.346 e. The number of aryl methyl sites for hydroxylation is 1. The molecular weight excluding hydrogens is 356 g/mol. The Morgan fingerprint density at radius 2 is 1.80 bits per heavy atom. The van der Waals surface area contributed by atoms with E-state index >= 15 is 0 Å². The smallest absolute Gasteiger partial charge is 0.243 e. The fraction of sp³-hybridized carbons (Fsp3) is 0.263. The molecule has 25 heavy (non-hydrogen) atoms. The number of thioether (sulfide) groups is 1. The van der Waals surface area contributed by atoms with E-state index in [0.29, 0.717) is 5.02 Å². The van der Waals surface area contributed by atoms with Crippen molar-refractivity contribution in [3.8, 4) is 0 Å². The first-order chi connectivity index (χ1) is 12.0. The number of nitrogens with one attached hydrogen (secondary N) is 2. The molecule has 0 heterocycles. The Bertz CT molecular complexity index is 734. The highest BCUT2D eigenvalue weighted by molar-refractivity contribution is 8.00. The predicted molar refractivity (Wildman–Crippen MR) is 104 cm³/mol. The van der Waals surface area contributed by atoms with Crippen LogP contribution in [0.15, 0.2) is 53.4 Å². The molecule has 0 aliphatic carbocycles. The van der Waals surface area contributed by atoms with Gasteiger partial charge >= 0.3 is 0 Å². The molecule has 4 nitrogen and oxygen atoms in total. The van der Waals surface area contributed by atoms with E-state index in [0.717, 1.165) is 22.6 Å². The fourth-order valence-corrected chi connectivity index (χ4v) is 3.24. The van der Waals surface area contributed by atoms with E-state index in [1.165, 1.54) is 11.8 Å². The third kappa shape index (κ3) is 6.11. The summed E-state index contributed by atoms with van der Waals surface area (Å²) in [5.74, 6) is -0.420. The first-order valence-electron chi connectivity index (χ1n) is 8.07. The zero-order valence-electron chi connectivity index (χ0n) is 14.2. The molecule has 6 heteroatoms. The van der Waals surface area contributed by atoms with Crippen molar-refractivity contribution in [2.75, 3.05) is 11.9 Å². The maximum absolute atomic E-state index is 12.2. The van der Waals surface area contributed by atoms with Crippen molar-refractivity contribution in [1.29, 1.82) is 0 Å². The second kappa shape index (κ2) is 9.49. The number of para-hydroxylation sites is 1. The van der Waals surface area contributed by atoms with Crippen LogP contribution >= 0.6 is 23.4 Å². The van der Waals surface area contributed by atoms with Gasteiger partial charge in [0.15, 0.2) is 0 Å². The molecule has 2 N–H and O–H groups in total. The summed E-state index contributed by atoms with van der Waals surface area (Å²) in [7, 11) is 0. The van der Waals surface area contributed by atoms with Gasteiger partial charge in [0.1, 0.15) is 0 Å². The van der Waals surface area contributed by atoms with Gasteiger partial charge in [0.2, 0.25) is 11.8 Å². The first-order valence-corrected chi connectivity index (χ1v) is 9.33. The predicted octanol–water partition coefficient (Wildman–Crippen LogP) is 4.14. The maximum atomic E-state index is 12.2. The lowest BCUT2D eigenvalue weighted by Crippen LogP contribution is -2.37. The normalized spacial score (nSPS) is 11.6. The molecule has 0 spiro atoms. The molecule has 0 saturated carbocycles. The molecule has 0 aromatic heterocycles. The van der Waals surface area contributed by atoms with Crippen molar-refractivity contribution in [2.45, 2.75) is 30.4 Å². The van der Waals surface area contributed by atoms with E-state index in [-0.39, 0.29) is 23.6 Å². The van der Waals surface area contributed by atoms with E-state index in [4.69, 9.17) is 11.6 Å². The van der Waals surface area contributed by atoms with Crippen LogP contribution in [0.2, 0.25) is 5.02 Å². The quantitative estimate of drug-likeness (QED) is 0.714. The first kappa shape index (κ1) is 19.3. The fourth-order valence-electron chi connectivity index (χ4n) is 2.23. The van der Waals surface area contributed by atoms with Crippen LogP contribution in [0.3, 0.4) is 0 Å². The standard InChI is InChI=1S/C19H21ClN2O2S/c1-3-14-6-4-5-7-17(14)22-18(23)12-21-19(24)13(2)25-16-10-8-15(20)9-11-16/h4-11,13H,3,12H2,1-2H3,(H,21,24)(H,22,23). The second-order valence-corrected chi connectivity index (χ2v) is 7.34. The highest BCUT2D eigenvalue weighted by atomic mass is 35.5. The number of carbonyl (C=O) groups excluding carboxylic acids is 2. The van der Waals surface area contributed by atoms with Gasteiger partial charge in [0.25, 0.3) is 0 Å². The summed E-state index contributed by atoms with van der Waals surface area (Å²) in [6, 6.07) is 14.9. The minimum absolute atomic E-state index is 0.0532. The number of hydrogen-bond donors (Lipinski definition) is 2. The van der Waals surface area contributed by atoms with E-state index in [1.807, 2.05) is 43.3 Å². The van der Waals surface area contributed by atoms with E-state index in [2.05, 4.69) is 10.6 Å². The van der Waals surface area contributed by atoms with Gasteiger partial charge in [0, 0.05) is 15.6 Å². The number of halogens is 1. The van der Waals surface area contributed by atoms with Crippen molar-refractivity contribution in [2.24, 2.45) is 0 Å². The Kier molecular flexibility index (Phi) is 7.34. The molecule has 2 aromatic rings. The lowest BCUT2D eigenvalue weighted by Gasteiger charge is -2.13. The molecule has 0 bridgehead atoms. The average molecular weight is 377 g/mol. The number of rotatable bonds is 7. The minimum atomic E-state index is -0.308. The van der Waals surface area contributed by atoms with Gasteiger partial charge in [0.05, 0.1) is 11.8 Å². The monoisotopic (exact) mass is 376 g/mol. The lowest BCUT2D eigenvalue weighted by molar-refractivity contribution is -0.123. The number of hydrogen-bond acceptors (Lipinski definition) is 3. The second-order valence-electron chi connectivity index (χ2n) is 5.49. The van der Waals surface area contributed by atoms with Crippen LogP contribution in [0.4, 0.5) is 5.69 Å². The van der Waals surface area contributed by atoms with Gasteiger partial charge in [-0.2, -0.15) is 0 Å². The SMILES string of the molecule is CCc1ccccc1NC(=O)CNC(=O)C(C)Sc1ccc(Cl)cc1. The number of benzene rings is 2. The zero-order chi connectivity index (χ0) is 18.2. The molecular formula is C19H21ClN2O2S. The van der Waals surface area contributed by atoms with Crippen molar-refractivity contribution in [1.82, 2.24) is 5.32 Å². The van der Waals surface area contributed by atoms with Crippen LogP contribution < -0.4 is 10.6 Å². The Balaban J connectivity index is 1.82. The van der Waals surface area contributed by atoms with Gasteiger partial charge < -0.3 is 10.6 Å². The summed E-state index contributed by atoms with van der Waals surface area (Å²) < 4.78 is 0. The highest BCUT2D eigenvalue weighted by Gasteiger charge is 2.15. The number of anilines is 1. The summed E-state index contributed by atoms with van der Waals surface area (Å²) in [6.07, 6.45) is 0.831. The van der Waals surface area contributed by atoms with Crippen LogP contribution in [0.5, 0.6) is 0 Å². The van der Waals surface area contributed by atoms with Crippen molar-refractivity contribution in [3.63, 3.8) is 0 Å². The Labute approximate surface area is 157 Å². The number of carbonyl (C=O) groups is 2. The lowest BCUT2D eigenvalue weighted by atomic mass is 10.1. The van der Waals surface area contributed by atoms with Gasteiger partial charge in [-0.05, 0) is 49.2 Å². The molecule has 0 aliphatic rings. The number of amides is 2. The van der Waals surface area contributed by atoms with Crippen LogP contribution in [-0.2, 0) is 16.0 Å². The average Bonchev–Trinajstić information content (AvgIpc) is 2.62. The molecule has 0 fully saturated rings. The summed E-state index contributed by atoms with van der Waals surface area (Å²) in [4.78, 5) is 25.2. The Morgan fingerprint density at radius 3 is 2.48 bits per heavy atom. The van der Waals surface area contributed by atoms with Gasteiger partial charge in [-0.25, -0.2) is 0 Å². The molecule has 0 radical (unpaired) electrons. The summed E-state index contributed by atoms with van der Waals surface area (Å²) >= 11 is 7.27. The third-order valence-electron chi connectivity index (χ3n) is 3.59. The largest absolute Gasteiger partial charge is 0.346 e. The maximum Gasteiger partial charge on any atom is 0.243 e. The van der Waals surface area contributed by atoms with Crippen LogP contribution in [0.25, 0.3) is 0 Å². The Morgan fingerprint density at radius 1 is 1.12 bits per heavy atom. The third-order valence-corrected chi connectivity index (χ3v) is 4.96. The molecule has 2 amide bonds. The molecule has 1 unspecified atom stereocenters.